The summed E-state index contributed by atoms with van der Waals surface area (Å²) in [6.07, 6.45) is 4.51. The van der Waals surface area contributed by atoms with Gasteiger partial charge < -0.3 is 16.0 Å². The van der Waals surface area contributed by atoms with Crippen molar-refractivity contribution in [2.45, 2.75) is 45.2 Å². The number of hydrogen-bond donors (Lipinski definition) is 3. The van der Waals surface area contributed by atoms with Gasteiger partial charge in [-0.25, -0.2) is 4.98 Å². The van der Waals surface area contributed by atoms with E-state index >= 15 is 0 Å². The zero-order valence-electron chi connectivity index (χ0n) is 10.1. The second kappa shape index (κ2) is 5.12. The monoisotopic (exact) mass is 224 g/mol. The van der Waals surface area contributed by atoms with Crippen molar-refractivity contribution in [1.29, 1.82) is 0 Å². The number of imidazole rings is 1. The van der Waals surface area contributed by atoms with Crippen LogP contribution in [-0.4, -0.2) is 21.4 Å². The molecule has 90 valence electrons. The highest BCUT2D eigenvalue weighted by Crippen LogP contribution is 2.09. The average molecular weight is 224 g/mol. The minimum absolute atomic E-state index is 0.00225. The number of aromatic nitrogens is 2. The topological polar surface area (TPSA) is 83.8 Å². The molecule has 1 aromatic rings. The zero-order valence-corrected chi connectivity index (χ0v) is 10.1. The summed E-state index contributed by atoms with van der Waals surface area (Å²) in [5.41, 5.74) is 5.51. The van der Waals surface area contributed by atoms with Crippen LogP contribution in [0, 0.1) is 0 Å². The molecule has 0 aliphatic rings. The molecule has 16 heavy (non-hydrogen) atoms. The van der Waals surface area contributed by atoms with Crippen LogP contribution in [0.15, 0.2) is 12.4 Å². The fraction of sp³-hybridized carbons (Fsp3) is 0.636. The molecular weight excluding hydrogens is 204 g/mol. The Bertz CT molecular complexity index is 326. The maximum atomic E-state index is 11.6. The van der Waals surface area contributed by atoms with Crippen molar-refractivity contribution in [3.8, 4) is 0 Å². The largest absolute Gasteiger partial charge is 0.347 e. The predicted molar refractivity (Wildman–Crippen MR) is 62.6 cm³/mol. The molecule has 1 aromatic heterocycles. The highest BCUT2D eigenvalue weighted by atomic mass is 16.1. The molecule has 1 rings (SSSR count). The van der Waals surface area contributed by atoms with E-state index in [-0.39, 0.29) is 17.5 Å². The molecule has 4 N–H and O–H groups in total. The molecule has 5 nitrogen and oxygen atoms in total. The van der Waals surface area contributed by atoms with Crippen LogP contribution in [0.4, 0.5) is 0 Å². The number of hydrogen-bond acceptors (Lipinski definition) is 3. The summed E-state index contributed by atoms with van der Waals surface area (Å²) in [7, 11) is 0. The second-order valence-electron chi connectivity index (χ2n) is 4.75. The van der Waals surface area contributed by atoms with Crippen molar-refractivity contribution in [3.63, 3.8) is 0 Å². The number of aromatic amines is 1. The number of amides is 1. The molecule has 0 aliphatic carbocycles. The van der Waals surface area contributed by atoms with Crippen LogP contribution in [0.1, 0.15) is 45.5 Å². The summed E-state index contributed by atoms with van der Waals surface area (Å²) >= 11 is 0. The Morgan fingerprint density at radius 3 is 2.88 bits per heavy atom. The summed E-state index contributed by atoms with van der Waals surface area (Å²) in [6, 6.07) is -0.0941. The van der Waals surface area contributed by atoms with Gasteiger partial charge in [0.1, 0.15) is 5.82 Å². The maximum Gasteiger partial charge on any atom is 0.220 e. The molecule has 1 atom stereocenters. The molecule has 5 heteroatoms. The fourth-order valence-corrected chi connectivity index (χ4v) is 1.33. The third-order valence-corrected chi connectivity index (χ3v) is 2.30. The zero-order chi connectivity index (χ0) is 12.2. The van der Waals surface area contributed by atoms with Gasteiger partial charge in [0.25, 0.3) is 0 Å². The molecule has 0 spiro atoms. The minimum Gasteiger partial charge on any atom is -0.347 e. The van der Waals surface area contributed by atoms with Gasteiger partial charge >= 0.3 is 0 Å². The predicted octanol–water partition coefficient (Wildman–Crippen LogP) is 1.10. The summed E-state index contributed by atoms with van der Waals surface area (Å²) < 4.78 is 0. The summed E-state index contributed by atoms with van der Waals surface area (Å²) in [4.78, 5) is 18.6. The number of carbonyl (C=O) groups excluding carboxylic acids is 1. The van der Waals surface area contributed by atoms with Crippen molar-refractivity contribution in [3.05, 3.63) is 18.2 Å². The first kappa shape index (κ1) is 12.7. The van der Waals surface area contributed by atoms with Crippen molar-refractivity contribution < 1.29 is 4.79 Å². The molecule has 0 fully saturated rings. The molecule has 0 aromatic carbocycles. The van der Waals surface area contributed by atoms with Crippen molar-refractivity contribution >= 4 is 5.91 Å². The quantitative estimate of drug-likeness (QED) is 0.700. The van der Waals surface area contributed by atoms with Gasteiger partial charge in [0.2, 0.25) is 5.91 Å². The fourth-order valence-electron chi connectivity index (χ4n) is 1.33. The van der Waals surface area contributed by atoms with Crippen LogP contribution in [0.2, 0.25) is 0 Å². The molecule has 0 saturated heterocycles. The lowest BCUT2D eigenvalue weighted by atomic mass is 10.00. The molecular formula is C11H20N4O. The molecule has 1 unspecified atom stereocenters. The van der Waals surface area contributed by atoms with E-state index < -0.39 is 0 Å². The van der Waals surface area contributed by atoms with Gasteiger partial charge in [-0.1, -0.05) is 0 Å². The normalized spacial score (nSPS) is 13.5. The molecule has 1 heterocycles. The molecule has 0 saturated carbocycles. The Labute approximate surface area is 95.8 Å². The lowest BCUT2D eigenvalue weighted by Gasteiger charge is -2.18. The van der Waals surface area contributed by atoms with Crippen LogP contribution >= 0.6 is 0 Å². The van der Waals surface area contributed by atoms with Gasteiger partial charge in [-0.15, -0.1) is 0 Å². The number of carbonyl (C=O) groups is 1. The van der Waals surface area contributed by atoms with Crippen molar-refractivity contribution in [2.75, 3.05) is 0 Å². The van der Waals surface area contributed by atoms with E-state index in [2.05, 4.69) is 15.3 Å². The van der Waals surface area contributed by atoms with Gasteiger partial charge in [0.15, 0.2) is 0 Å². The second-order valence-corrected chi connectivity index (χ2v) is 4.75. The summed E-state index contributed by atoms with van der Waals surface area (Å²) in [5.74, 6) is 0.766. The molecule has 0 aliphatic heterocycles. The first-order valence-electron chi connectivity index (χ1n) is 5.46. The van der Waals surface area contributed by atoms with Gasteiger partial charge in [-0.05, 0) is 27.2 Å². The highest BCUT2D eigenvalue weighted by Gasteiger charge is 2.15. The standard InChI is InChI=1S/C11H20N4O/c1-8(10-13-6-7-14-10)15-9(16)4-5-11(2,3)12/h6-8H,4-5,12H2,1-3H3,(H,13,14)(H,15,16). The number of H-pyrrole nitrogens is 1. The number of nitrogens with two attached hydrogens (primary N) is 1. The first-order valence-corrected chi connectivity index (χ1v) is 5.46. The maximum absolute atomic E-state index is 11.6. The third-order valence-electron chi connectivity index (χ3n) is 2.30. The molecule has 0 radical (unpaired) electrons. The van der Waals surface area contributed by atoms with E-state index in [1.54, 1.807) is 12.4 Å². The van der Waals surface area contributed by atoms with Crippen LogP contribution in [-0.2, 0) is 4.79 Å². The lowest BCUT2D eigenvalue weighted by molar-refractivity contribution is -0.122. The van der Waals surface area contributed by atoms with E-state index in [9.17, 15) is 4.79 Å². The van der Waals surface area contributed by atoms with Crippen molar-refractivity contribution in [1.82, 2.24) is 15.3 Å². The SMILES string of the molecule is CC(NC(=O)CCC(C)(C)N)c1ncc[nH]1. The van der Waals surface area contributed by atoms with E-state index in [4.69, 9.17) is 5.73 Å². The molecule has 0 bridgehead atoms. The summed E-state index contributed by atoms with van der Waals surface area (Å²) in [6.45, 7) is 5.72. The number of nitrogens with one attached hydrogen (secondary N) is 2. The van der Waals surface area contributed by atoms with Gasteiger partial charge in [-0.2, -0.15) is 0 Å². The van der Waals surface area contributed by atoms with E-state index in [1.165, 1.54) is 0 Å². The smallest absolute Gasteiger partial charge is 0.220 e. The lowest BCUT2D eigenvalue weighted by Crippen LogP contribution is -2.35. The molecule has 1 amide bonds. The van der Waals surface area contributed by atoms with Gasteiger partial charge in [-0.3, -0.25) is 4.79 Å². The Balaban J connectivity index is 2.35. The van der Waals surface area contributed by atoms with E-state index in [0.29, 0.717) is 12.8 Å². The Morgan fingerprint density at radius 1 is 1.69 bits per heavy atom. The highest BCUT2D eigenvalue weighted by molar-refractivity contribution is 5.76. The van der Waals surface area contributed by atoms with Crippen LogP contribution in [0.5, 0.6) is 0 Å². The van der Waals surface area contributed by atoms with E-state index in [0.717, 1.165) is 5.82 Å². The Kier molecular flexibility index (Phi) is 4.06. The van der Waals surface area contributed by atoms with Gasteiger partial charge in [0, 0.05) is 24.4 Å². The van der Waals surface area contributed by atoms with Crippen LogP contribution < -0.4 is 11.1 Å². The van der Waals surface area contributed by atoms with Gasteiger partial charge in [0.05, 0.1) is 6.04 Å². The number of nitrogens with zero attached hydrogens (tertiary/aromatic N) is 1. The van der Waals surface area contributed by atoms with Crippen LogP contribution in [0.3, 0.4) is 0 Å². The van der Waals surface area contributed by atoms with E-state index in [1.807, 2.05) is 20.8 Å². The van der Waals surface area contributed by atoms with Crippen molar-refractivity contribution in [2.24, 2.45) is 5.73 Å². The third kappa shape index (κ3) is 4.44. The number of rotatable bonds is 5. The summed E-state index contributed by atoms with van der Waals surface area (Å²) in [5, 5.41) is 2.87. The minimum atomic E-state index is -0.300. The Morgan fingerprint density at radius 2 is 2.38 bits per heavy atom. The average Bonchev–Trinajstić information content (AvgIpc) is 2.66. The Hall–Kier alpha value is -1.36. The van der Waals surface area contributed by atoms with Crippen LogP contribution in [0.25, 0.3) is 0 Å². The first-order chi connectivity index (χ1) is 7.38.